The van der Waals surface area contributed by atoms with E-state index in [1.165, 1.54) is 35.2 Å². The second-order valence-corrected chi connectivity index (χ2v) is 9.56. The largest absolute Gasteiger partial charge is 0.480 e. The first-order valence-corrected chi connectivity index (χ1v) is 11.6. The molecule has 13 heteroatoms. The van der Waals surface area contributed by atoms with Crippen LogP contribution in [0.15, 0.2) is 36.0 Å². The van der Waals surface area contributed by atoms with Crippen LogP contribution in [0.1, 0.15) is 16.5 Å². The van der Waals surface area contributed by atoms with E-state index in [1.807, 2.05) is 0 Å². The third-order valence-corrected chi connectivity index (χ3v) is 7.60. The molecule has 1 aromatic heterocycles. The number of carboxylic acids is 2. The van der Waals surface area contributed by atoms with Crippen molar-refractivity contribution in [1.29, 1.82) is 0 Å². The normalized spacial score (nSPS) is 20.5. The fourth-order valence-corrected chi connectivity index (χ4v) is 5.84. The molecule has 1 aromatic carbocycles. The molecule has 2 aliphatic heterocycles. The third kappa shape index (κ3) is 4.04. The number of anilines is 1. The van der Waals surface area contributed by atoms with Gasteiger partial charge in [0.2, 0.25) is 11.0 Å². The lowest BCUT2D eigenvalue weighted by Crippen LogP contribution is -2.70. The third-order valence-electron chi connectivity index (χ3n) is 5.17. The van der Waals surface area contributed by atoms with Crippen molar-refractivity contribution in [2.24, 2.45) is 0 Å². The first kappa shape index (κ1) is 22.7. The summed E-state index contributed by atoms with van der Waals surface area (Å²) in [6.07, 6.45) is 0. The highest BCUT2D eigenvalue weighted by Gasteiger charge is 2.55. The number of β-lactam (4-membered cyclic amide) rings is 1. The second-order valence-electron chi connectivity index (χ2n) is 7.49. The number of hydrogen-bond acceptors (Lipinski definition) is 9. The standard InChI is InChI=1S/C20H19N5O6S2/c1-24(2)20-23-22-15(33-20)10-8-32-17-12(16(27)25(17)13(10)19(30)31)21-14(26)11(18(28)29)9-6-4-3-5-7-9/h3-7,11-12,17H,8H2,1-2H3,(H,21,26)(H,28,29)(H,30,31)/t11?,12?,17-/m1/s1. The first-order chi connectivity index (χ1) is 15.7. The summed E-state index contributed by atoms with van der Waals surface area (Å²) >= 11 is 2.48. The molecule has 2 unspecified atom stereocenters. The number of amides is 2. The number of aliphatic carboxylic acids is 2. The Labute approximate surface area is 196 Å². The predicted octanol–water partition coefficient (Wildman–Crippen LogP) is 0.668. The number of carbonyl (C=O) groups is 4. The maximum Gasteiger partial charge on any atom is 0.353 e. The topological polar surface area (TPSA) is 153 Å². The van der Waals surface area contributed by atoms with Crippen LogP contribution in [0.25, 0.3) is 5.57 Å². The molecule has 2 aliphatic rings. The van der Waals surface area contributed by atoms with E-state index >= 15 is 0 Å². The minimum Gasteiger partial charge on any atom is -0.480 e. The number of nitrogens with zero attached hydrogens (tertiary/aromatic N) is 4. The van der Waals surface area contributed by atoms with E-state index in [0.29, 0.717) is 15.7 Å². The number of carbonyl (C=O) groups excluding carboxylic acids is 2. The zero-order valence-electron chi connectivity index (χ0n) is 17.5. The molecule has 0 saturated carbocycles. The number of fused-ring (bicyclic) bond motifs is 1. The van der Waals surface area contributed by atoms with E-state index in [9.17, 15) is 29.4 Å². The van der Waals surface area contributed by atoms with Crippen molar-refractivity contribution < 1.29 is 29.4 Å². The lowest BCUT2D eigenvalue weighted by atomic mass is 9.96. The Morgan fingerprint density at radius 2 is 1.88 bits per heavy atom. The summed E-state index contributed by atoms with van der Waals surface area (Å²) in [5, 5.41) is 30.3. The maximum atomic E-state index is 12.9. The monoisotopic (exact) mass is 489 g/mol. The van der Waals surface area contributed by atoms with E-state index in [2.05, 4.69) is 15.5 Å². The number of thioether (sulfide) groups is 1. The van der Waals surface area contributed by atoms with Gasteiger partial charge in [0.1, 0.15) is 22.1 Å². The van der Waals surface area contributed by atoms with E-state index in [0.717, 1.165) is 4.90 Å². The number of hydrogen-bond donors (Lipinski definition) is 3. The number of rotatable bonds is 7. The molecule has 172 valence electrons. The Morgan fingerprint density at radius 1 is 1.18 bits per heavy atom. The van der Waals surface area contributed by atoms with E-state index in [4.69, 9.17) is 0 Å². The van der Waals surface area contributed by atoms with Crippen molar-refractivity contribution in [3.8, 4) is 0 Å². The van der Waals surface area contributed by atoms with Gasteiger partial charge in [-0.3, -0.25) is 19.3 Å². The van der Waals surface area contributed by atoms with Crippen LogP contribution in [0.3, 0.4) is 0 Å². The van der Waals surface area contributed by atoms with Crippen LogP contribution in [-0.2, 0) is 19.2 Å². The van der Waals surface area contributed by atoms with E-state index in [1.54, 1.807) is 37.2 Å². The highest BCUT2D eigenvalue weighted by Crippen LogP contribution is 2.44. The highest BCUT2D eigenvalue weighted by molar-refractivity contribution is 8.00. The number of aromatic nitrogens is 2. The number of nitrogens with one attached hydrogen (secondary N) is 1. The second kappa shape index (κ2) is 8.83. The van der Waals surface area contributed by atoms with Crippen LogP contribution in [-0.4, -0.2) is 80.3 Å². The lowest BCUT2D eigenvalue weighted by Gasteiger charge is -2.49. The molecule has 2 aromatic rings. The molecule has 3 N–H and O–H groups in total. The molecular formula is C20H19N5O6S2. The van der Waals surface area contributed by atoms with Crippen molar-refractivity contribution >= 4 is 57.6 Å². The van der Waals surface area contributed by atoms with Gasteiger partial charge in [-0.25, -0.2) is 4.79 Å². The molecule has 1 saturated heterocycles. The van der Waals surface area contributed by atoms with Crippen molar-refractivity contribution in [3.63, 3.8) is 0 Å². The summed E-state index contributed by atoms with van der Waals surface area (Å²) in [7, 11) is 3.57. The molecule has 4 rings (SSSR count). The Balaban J connectivity index is 1.57. The van der Waals surface area contributed by atoms with Gasteiger partial charge in [0.15, 0.2) is 5.92 Å². The molecule has 1 fully saturated rings. The summed E-state index contributed by atoms with van der Waals surface area (Å²) in [6, 6.07) is 6.94. The van der Waals surface area contributed by atoms with Gasteiger partial charge in [-0.1, -0.05) is 41.7 Å². The van der Waals surface area contributed by atoms with Gasteiger partial charge in [0.25, 0.3) is 5.91 Å². The van der Waals surface area contributed by atoms with Gasteiger partial charge in [-0.2, -0.15) is 0 Å². The summed E-state index contributed by atoms with van der Waals surface area (Å²) in [5.41, 5.74) is 0.456. The lowest BCUT2D eigenvalue weighted by molar-refractivity contribution is -0.152. The summed E-state index contributed by atoms with van der Waals surface area (Å²) in [5.74, 6) is -5.34. The van der Waals surface area contributed by atoms with E-state index in [-0.39, 0.29) is 17.0 Å². The Bertz CT molecular complexity index is 1160. The summed E-state index contributed by atoms with van der Waals surface area (Å²) in [6.45, 7) is 0. The van der Waals surface area contributed by atoms with Crippen molar-refractivity contribution in [3.05, 3.63) is 46.6 Å². The van der Waals surface area contributed by atoms with Gasteiger partial charge in [-0.15, -0.1) is 22.0 Å². The first-order valence-electron chi connectivity index (χ1n) is 9.71. The van der Waals surface area contributed by atoms with Crippen molar-refractivity contribution in [1.82, 2.24) is 20.4 Å². The molecule has 11 nitrogen and oxygen atoms in total. The predicted molar refractivity (Wildman–Crippen MR) is 121 cm³/mol. The van der Waals surface area contributed by atoms with Gasteiger partial charge >= 0.3 is 11.9 Å². The van der Waals surface area contributed by atoms with Crippen LogP contribution in [0.5, 0.6) is 0 Å². The van der Waals surface area contributed by atoms with Crippen LogP contribution in [0, 0.1) is 0 Å². The number of benzene rings is 1. The smallest absolute Gasteiger partial charge is 0.353 e. The molecule has 0 radical (unpaired) electrons. The SMILES string of the molecule is CN(C)c1nnc(C2=C(C(=O)O)N3C(=O)C(NC(=O)C(C(=O)O)c4ccccc4)[C@H]3SC2)s1. The highest BCUT2D eigenvalue weighted by atomic mass is 32.2. The molecule has 3 atom stereocenters. The van der Waals surface area contributed by atoms with Crippen molar-refractivity contribution in [2.45, 2.75) is 17.3 Å². The molecule has 33 heavy (non-hydrogen) atoms. The zero-order chi connectivity index (χ0) is 23.9. The fourth-order valence-electron chi connectivity index (χ4n) is 3.59. The Morgan fingerprint density at radius 3 is 2.45 bits per heavy atom. The Hall–Kier alpha value is -3.45. The van der Waals surface area contributed by atoms with Gasteiger partial charge < -0.3 is 20.4 Å². The summed E-state index contributed by atoms with van der Waals surface area (Å²) < 4.78 is 0. The molecule has 0 aliphatic carbocycles. The maximum absolute atomic E-state index is 12.9. The summed E-state index contributed by atoms with van der Waals surface area (Å²) in [4.78, 5) is 52.3. The molecule has 2 amide bonds. The van der Waals surface area contributed by atoms with Crippen molar-refractivity contribution in [2.75, 3.05) is 24.7 Å². The zero-order valence-corrected chi connectivity index (χ0v) is 19.1. The number of carboxylic acid groups (broad SMARTS) is 2. The average molecular weight is 490 g/mol. The minimum atomic E-state index is -1.49. The Kier molecular flexibility index (Phi) is 6.08. The molecule has 0 spiro atoms. The fraction of sp³-hybridized carbons (Fsp3) is 0.300. The van der Waals surface area contributed by atoms with Crippen LogP contribution < -0.4 is 10.2 Å². The van der Waals surface area contributed by atoms with Crippen LogP contribution in [0.4, 0.5) is 5.13 Å². The van der Waals surface area contributed by atoms with Gasteiger partial charge in [-0.05, 0) is 5.56 Å². The van der Waals surface area contributed by atoms with Crippen LogP contribution >= 0.6 is 23.1 Å². The molecular weight excluding hydrogens is 470 g/mol. The van der Waals surface area contributed by atoms with Gasteiger partial charge in [0.05, 0.1) is 0 Å². The minimum absolute atomic E-state index is 0.200. The molecule has 0 bridgehead atoms. The van der Waals surface area contributed by atoms with Gasteiger partial charge in [0, 0.05) is 25.4 Å². The average Bonchev–Trinajstić information content (AvgIpc) is 3.27. The van der Waals surface area contributed by atoms with Crippen LogP contribution in [0.2, 0.25) is 0 Å². The quantitative estimate of drug-likeness (QED) is 0.373. The molecule has 3 heterocycles. The van der Waals surface area contributed by atoms with E-state index < -0.39 is 41.1 Å².